The van der Waals surface area contributed by atoms with Crippen LogP contribution in [0.2, 0.25) is 0 Å². The summed E-state index contributed by atoms with van der Waals surface area (Å²) in [6, 6.07) is 16.7. The normalized spacial score (nSPS) is 11.8. The van der Waals surface area contributed by atoms with Gasteiger partial charge in [0.05, 0.1) is 19.4 Å². The van der Waals surface area contributed by atoms with Crippen molar-refractivity contribution in [2.24, 2.45) is 7.05 Å². The number of hydrogen-bond donors (Lipinski definition) is 0. The van der Waals surface area contributed by atoms with Crippen LogP contribution in [0, 0.1) is 0 Å². The van der Waals surface area contributed by atoms with Crippen molar-refractivity contribution < 1.29 is 14.0 Å². The Morgan fingerprint density at radius 2 is 1.80 bits per heavy atom. The SMILES string of the molecule is CCC(C)N(CC(=O)N(Cc1ccco1)Cc1cccn1C)C(=O)c1ccccc1. The van der Waals surface area contributed by atoms with E-state index in [1.54, 1.807) is 28.2 Å². The molecule has 3 rings (SSSR count). The number of rotatable bonds is 9. The number of nitrogens with zero attached hydrogens (tertiary/aromatic N) is 3. The Hall–Kier alpha value is -3.28. The third-order valence-electron chi connectivity index (χ3n) is 5.39. The van der Waals surface area contributed by atoms with Crippen molar-refractivity contribution in [3.8, 4) is 0 Å². The molecule has 0 bridgehead atoms. The quantitative estimate of drug-likeness (QED) is 0.537. The van der Waals surface area contributed by atoms with Gasteiger partial charge in [0.2, 0.25) is 5.91 Å². The Morgan fingerprint density at radius 1 is 1.03 bits per heavy atom. The maximum Gasteiger partial charge on any atom is 0.254 e. The first-order valence-electron chi connectivity index (χ1n) is 10.3. The highest BCUT2D eigenvalue weighted by Crippen LogP contribution is 2.15. The molecule has 6 heteroatoms. The minimum Gasteiger partial charge on any atom is -0.467 e. The maximum absolute atomic E-state index is 13.4. The van der Waals surface area contributed by atoms with Crippen LogP contribution in [0.4, 0.5) is 0 Å². The molecule has 0 saturated heterocycles. The molecule has 2 amide bonds. The molecule has 0 aliphatic heterocycles. The molecule has 0 N–H and O–H groups in total. The van der Waals surface area contributed by atoms with Crippen molar-refractivity contribution in [3.63, 3.8) is 0 Å². The molecule has 3 aromatic rings. The monoisotopic (exact) mass is 407 g/mol. The number of hydrogen-bond acceptors (Lipinski definition) is 3. The average molecular weight is 408 g/mol. The average Bonchev–Trinajstić information content (AvgIpc) is 3.43. The van der Waals surface area contributed by atoms with Gasteiger partial charge in [-0.25, -0.2) is 0 Å². The van der Waals surface area contributed by atoms with Gasteiger partial charge in [-0.15, -0.1) is 0 Å². The van der Waals surface area contributed by atoms with Crippen molar-refractivity contribution in [2.75, 3.05) is 6.54 Å². The lowest BCUT2D eigenvalue weighted by atomic mass is 10.1. The van der Waals surface area contributed by atoms with E-state index in [0.717, 1.165) is 12.1 Å². The number of aryl methyl sites for hydroxylation is 1. The topological polar surface area (TPSA) is 58.7 Å². The summed E-state index contributed by atoms with van der Waals surface area (Å²) in [5.41, 5.74) is 1.60. The van der Waals surface area contributed by atoms with Crippen LogP contribution < -0.4 is 0 Å². The number of carbonyl (C=O) groups is 2. The van der Waals surface area contributed by atoms with E-state index in [9.17, 15) is 9.59 Å². The molecule has 2 aromatic heterocycles. The van der Waals surface area contributed by atoms with E-state index in [2.05, 4.69) is 0 Å². The molecule has 0 aliphatic carbocycles. The Kier molecular flexibility index (Phi) is 7.12. The molecule has 6 nitrogen and oxygen atoms in total. The number of furan rings is 1. The molecule has 0 saturated carbocycles. The lowest BCUT2D eigenvalue weighted by Gasteiger charge is -2.31. The summed E-state index contributed by atoms with van der Waals surface area (Å²) in [4.78, 5) is 29.9. The second-order valence-electron chi connectivity index (χ2n) is 7.50. The minimum absolute atomic E-state index is 0.0217. The van der Waals surface area contributed by atoms with E-state index in [1.165, 1.54) is 0 Å². The molecule has 30 heavy (non-hydrogen) atoms. The Morgan fingerprint density at radius 3 is 2.40 bits per heavy atom. The van der Waals surface area contributed by atoms with Crippen molar-refractivity contribution in [2.45, 2.75) is 39.4 Å². The summed E-state index contributed by atoms with van der Waals surface area (Å²) in [5.74, 6) is 0.467. The first-order valence-corrected chi connectivity index (χ1v) is 10.3. The maximum atomic E-state index is 13.4. The first-order chi connectivity index (χ1) is 14.5. The van der Waals surface area contributed by atoms with E-state index in [-0.39, 0.29) is 24.4 Å². The van der Waals surface area contributed by atoms with E-state index in [0.29, 0.717) is 24.4 Å². The van der Waals surface area contributed by atoms with E-state index in [1.807, 2.05) is 74.1 Å². The minimum atomic E-state index is -0.130. The van der Waals surface area contributed by atoms with Crippen molar-refractivity contribution in [3.05, 3.63) is 84.1 Å². The zero-order chi connectivity index (χ0) is 21.5. The second-order valence-corrected chi connectivity index (χ2v) is 7.50. The fraction of sp³-hybridized carbons (Fsp3) is 0.333. The number of amides is 2. The molecule has 1 atom stereocenters. The Balaban J connectivity index is 1.81. The van der Waals surface area contributed by atoms with Crippen LogP contribution in [0.5, 0.6) is 0 Å². The van der Waals surface area contributed by atoms with E-state index < -0.39 is 0 Å². The van der Waals surface area contributed by atoms with Gasteiger partial charge < -0.3 is 18.8 Å². The zero-order valence-electron chi connectivity index (χ0n) is 17.8. The lowest BCUT2D eigenvalue weighted by molar-refractivity contribution is -0.134. The first kappa shape index (κ1) is 21.4. The summed E-state index contributed by atoms with van der Waals surface area (Å²) in [6.07, 6.45) is 4.32. The lowest BCUT2D eigenvalue weighted by Crippen LogP contribution is -2.46. The summed E-state index contributed by atoms with van der Waals surface area (Å²) in [7, 11) is 1.95. The van der Waals surface area contributed by atoms with Crippen LogP contribution in [0.3, 0.4) is 0 Å². The highest BCUT2D eigenvalue weighted by Gasteiger charge is 2.26. The van der Waals surface area contributed by atoms with E-state index in [4.69, 9.17) is 4.42 Å². The van der Waals surface area contributed by atoms with E-state index >= 15 is 0 Å². The van der Waals surface area contributed by atoms with Crippen LogP contribution in [0.1, 0.15) is 42.1 Å². The molecule has 0 radical (unpaired) electrons. The highest BCUT2D eigenvalue weighted by atomic mass is 16.3. The van der Waals surface area contributed by atoms with Crippen LogP contribution >= 0.6 is 0 Å². The molecule has 0 fully saturated rings. The summed E-state index contributed by atoms with van der Waals surface area (Å²) in [5, 5.41) is 0. The van der Waals surface area contributed by atoms with Gasteiger partial charge >= 0.3 is 0 Å². The molecule has 1 aromatic carbocycles. The molecular formula is C24H29N3O3. The summed E-state index contributed by atoms with van der Waals surface area (Å²) < 4.78 is 7.46. The predicted molar refractivity (Wildman–Crippen MR) is 116 cm³/mol. The van der Waals surface area contributed by atoms with Crippen LogP contribution in [-0.2, 0) is 24.9 Å². The molecule has 158 valence electrons. The van der Waals surface area contributed by atoms with Crippen LogP contribution in [0.25, 0.3) is 0 Å². The number of benzene rings is 1. The van der Waals surface area contributed by atoms with Crippen LogP contribution in [-0.4, -0.2) is 38.8 Å². The highest BCUT2D eigenvalue weighted by molar-refractivity contribution is 5.96. The summed E-state index contributed by atoms with van der Waals surface area (Å²) >= 11 is 0. The second kappa shape index (κ2) is 9.96. The fourth-order valence-corrected chi connectivity index (χ4v) is 3.32. The molecule has 0 spiro atoms. The van der Waals surface area contributed by atoms with Gasteiger partial charge in [0.25, 0.3) is 5.91 Å². The standard InChI is InChI=1S/C24H29N3O3/c1-4-19(2)27(24(29)20-10-6-5-7-11-20)18-23(28)26(17-22-13-9-15-30-22)16-21-12-8-14-25(21)3/h5-15,19H,4,16-18H2,1-3H3. The van der Waals surface area contributed by atoms with Crippen molar-refractivity contribution in [1.29, 1.82) is 0 Å². The zero-order valence-corrected chi connectivity index (χ0v) is 17.8. The Bertz CT molecular complexity index is 947. The van der Waals surface area contributed by atoms with Gasteiger partial charge in [0, 0.05) is 30.5 Å². The van der Waals surface area contributed by atoms with Gasteiger partial charge in [-0.05, 0) is 49.7 Å². The fourth-order valence-electron chi connectivity index (χ4n) is 3.32. The van der Waals surface area contributed by atoms with Gasteiger partial charge in [0.15, 0.2) is 0 Å². The smallest absolute Gasteiger partial charge is 0.254 e. The Labute approximate surface area is 177 Å². The molecule has 2 heterocycles. The number of carbonyl (C=O) groups excluding carboxylic acids is 2. The van der Waals surface area contributed by atoms with Crippen molar-refractivity contribution >= 4 is 11.8 Å². The van der Waals surface area contributed by atoms with Gasteiger partial charge in [-0.1, -0.05) is 25.1 Å². The van der Waals surface area contributed by atoms with Crippen LogP contribution in [0.15, 0.2) is 71.5 Å². The van der Waals surface area contributed by atoms with Gasteiger partial charge in [-0.3, -0.25) is 9.59 Å². The largest absolute Gasteiger partial charge is 0.467 e. The number of aromatic nitrogens is 1. The van der Waals surface area contributed by atoms with Gasteiger partial charge in [0.1, 0.15) is 12.3 Å². The van der Waals surface area contributed by atoms with Gasteiger partial charge in [-0.2, -0.15) is 0 Å². The summed E-state index contributed by atoms with van der Waals surface area (Å²) in [6.45, 7) is 4.81. The third-order valence-corrected chi connectivity index (χ3v) is 5.39. The molecule has 0 aliphatic rings. The third kappa shape index (κ3) is 5.20. The molecule has 1 unspecified atom stereocenters. The molecular weight excluding hydrogens is 378 g/mol. The predicted octanol–water partition coefficient (Wildman–Crippen LogP) is 4.09. The van der Waals surface area contributed by atoms with Crippen molar-refractivity contribution in [1.82, 2.24) is 14.4 Å².